The summed E-state index contributed by atoms with van der Waals surface area (Å²) in [5.74, 6) is 0.673. The van der Waals surface area contributed by atoms with Gasteiger partial charge in [-0.25, -0.2) is 9.97 Å². The van der Waals surface area contributed by atoms with E-state index >= 15 is 0 Å². The van der Waals surface area contributed by atoms with E-state index in [1.807, 2.05) is 51.9 Å². The second-order valence-electron chi connectivity index (χ2n) is 7.27. The van der Waals surface area contributed by atoms with Crippen LogP contribution in [0.4, 0.5) is 11.5 Å². The predicted molar refractivity (Wildman–Crippen MR) is 111 cm³/mol. The average molecular weight is 389 g/mol. The first-order valence-corrected chi connectivity index (χ1v) is 9.80. The van der Waals surface area contributed by atoms with Crippen molar-refractivity contribution >= 4 is 17.2 Å². The summed E-state index contributed by atoms with van der Waals surface area (Å²) in [6.45, 7) is 2.20. The SMILES string of the molecule is Nc1ccc(-c2cnn(C3CCOCC3)c2)nc1NCc1ccc2nccn2c1. The quantitative estimate of drug-likeness (QED) is 0.544. The van der Waals surface area contributed by atoms with Gasteiger partial charge in [0.1, 0.15) is 11.5 Å². The van der Waals surface area contributed by atoms with E-state index in [1.165, 1.54) is 0 Å². The number of imidazole rings is 1. The Morgan fingerprint density at radius 3 is 2.93 bits per heavy atom. The zero-order valence-electron chi connectivity index (χ0n) is 16.0. The molecule has 0 radical (unpaired) electrons. The number of fused-ring (bicyclic) bond motifs is 1. The van der Waals surface area contributed by atoms with Gasteiger partial charge in [0.05, 0.1) is 23.6 Å². The maximum atomic E-state index is 6.15. The van der Waals surface area contributed by atoms with E-state index in [9.17, 15) is 0 Å². The smallest absolute Gasteiger partial charge is 0.150 e. The standard InChI is InChI=1S/C21H23N7O/c22-18-2-3-19(16-12-25-28(14-16)17-5-9-29-10-6-17)26-21(18)24-11-15-1-4-20-23-7-8-27(20)13-15/h1-4,7-8,12-14,17H,5-6,9-11,22H2,(H,24,26). The highest BCUT2D eigenvalue weighted by Crippen LogP contribution is 2.26. The maximum absolute atomic E-state index is 6.15. The molecule has 0 aromatic carbocycles. The summed E-state index contributed by atoms with van der Waals surface area (Å²) in [5, 5.41) is 7.90. The van der Waals surface area contributed by atoms with E-state index in [0.29, 0.717) is 24.1 Å². The molecule has 8 heteroatoms. The molecule has 1 saturated heterocycles. The Labute approximate surface area is 168 Å². The molecule has 0 spiro atoms. The average Bonchev–Trinajstić information content (AvgIpc) is 3.43. The number of anilines is 2. The van der Waals surface area contributed by atoms with Crippen LogP contribution in [0.15, 0.2) is 55.2 Å². The van der Waals surface area contributed by atoms with Crippen LogP contribution < -0.4 is 11.1 Å². The van der Waals surface area contributed by atoms with E-state index in [2.05, 4.69) is 21.6 Å². The number of pyridine rings is 2. The predicted octanol–water partition coefficient (Wildman–Crippen LogP) is 3.14. The van der Waals surface area contributed by atoms with Crippen molar-refractivity contribution in [2.75, 3.05) is 24.3 Å². The monoisotopic (exact) mass is 389 g/mol. The number of nitrogens with two attached hydrogens (primary N) is 1. The summed E-state index contributed by atoms with van der Waals surface area (Å²) in [4.78, 5) is 9.00. The lowest BCUT2D eigenvalue weighted by Gasteiger charge is -2.22. The van der Waals surface area contributed by atoms with Crippen LogP contribution in [-0.4, -0.2) is 37.4 Å². The highest BCUT2D eigenvalue weighted by Gasteiger charge is 2.17. The molecule has 4 aromatic heterocycles. The Hall–Kier alpha value is -3.39. The zero-order chi connectivity index (χ0) is 19.6. The Bertz CT molecular complexity index is 1130. The molecule has 0 bridgehead atoms. The van der Waals surface area contributed by atoms with Gasteiger partial charge in [0.25, 0.3) is 0 Å². The van der Waals surface area contributed by atoms with Crippen LogP contribution in [0.2, 0.25) is 0 Å². The normalized spacial score (nSPS) is 15.0. The van der Waals surface area contributed by atoms with Crippen molar-refractivity contribution < 1.29 is 4.74 Å². The Morgan fingerprint density at radius 2 is 2.03 bits per heavy atom. The van der Waals surface area contributed by atoms with Crippen molar-refractivity contribution in [3.63, 3.8) is 0 Å². The lowest BCUT2D eigenvalue weighted by molar-refractivity contribution is 0.0662. The molecule has 0 unspecified atom stereocenters. The topological polar surface area (TPSA) is 95.3 Å². The van der Waals surface area contributed by atoms with Crippen LogP contribution in [0, 0.1) is 0 Å². The molecule has 1 aliphatic rings. The Kier molecular flexibility index (Phi) is 4.61. The van der Waals surface area contributed by atoms with Gasteiger partial charge in [0.2, 0.25) is 0 Å². The van der Waals surface area contributed by atoms with Crippen molar-refractivity contribution in [3.05, 3.63) is 60.8 Å². The number of ether oxygens (including phenoxy) is 1. The minimum absolute atomic E-state index is 0.391. The van der Waals surface area contributed by atoms with Gasteiger partial charge in [-0.1, -0.05) is 6.07 Å². The van der Waals surface area contributed by atoms with Gasteiger partial charge in [-0.3, -0.25) is 4.68 Å². The molecular weight excluding hydrogens is 366 g/mol. The van der Waals surface area contributed by atoms with Crippen LogP contribution in [0.1, 0.15) is 24.4 Å². The highest BCUT2D eigenvalue weighted by molar-refractivity contribution is 5.68. The minimum atomic E-state index is 0.391. The summed E-state index contributed by atoms with van der Waals surface area (Å²) in [6.07, 6.45) is 11.7. The molecule has 0 amide bonds. The number of rotatable bonds is 5. The molecule has 1 aliphatic heterocycles. The summed E-state index contributed by atoms with van der Waals surface area (Å²) in [5.41, 5.74) is 10.7. The molecular formula is C21H23N7O. The van der Waals surface area contributed by atoms with Gasteiger partial charge in [0.15, 0.2) is 0 Å². The largest absolute Gasteiger partial charge is 0.396 e. The molecule has 8 nitrogen and oxygen atoms in total. The molecule has 1 fully saturated rings. The van der Waals surface area contributed by atoms with E-state index in [4.69, 9.17) is 15.5 Å². The van der Waals surface area contributed by atoms with Gasteiger partial charge in [-0.2, -0.15) is 5.10 Å². The van der Waals surface area contributed by atoms with E-state index in [0.717, 1.165) is 48.5 Å². The summed E-state index contributed by atoms with van der Waals surface area (Å²) >= 11 is 0. The molecule has 0 saturated carbocycles. The molecule has 3 N–H and O–H groups in total. The van der Waals surface area contributed by atoms with E-state index < -0.39 is 0 Å². The lowest BCUT2D eigenvalue weighted by Crippen LogP contribution is -2.19. The van der Waals surface area contributed by atoms with Crippen LogP contribution in [0.5, 0.6) is 0 Å². The number of hydrogen-bond donors (Lipinski definition) is 2. The minimum Gasteiger partial charge on any atom is -0.396 e. The molecule has 0 atom stereocenters. The first-order chi connectivity index (χ1) is 14.3. The second-order valence-corrected chi connectivity index (χ2v) is 7.27. The van der Waals surface area contributed by atoms with Crippen LogP contribution in [0.25, 0.3) is 16.9 Å². The zero-order valence-corrected chi connectivity index (χ0v) is 16.0. The first-order valence-electron chi connectivity index (χ1n) is 9.80. The second kappa shape index (κ2) is 7.56. The van der Waals surface area contributed by atoms with Gasteiger partial charge in [0, 0.05) is 50.1 Å². The third-order valence-electron chi connectivity index (χ3n) is 5.30. The molecule has 0 aliphatic carbocycles. The number of nitrogens with one attached hydrogen (secondary N) is 1. The fraction of sp³-hybridized carbons (Fsp3) is 0.286. The number of nitrogen functional groups attached to an aromatic ring is 1. The van der Waals surface area contributed by atoms with E-state index in [1.54, 1.807) is 6.20 Å². The van der Waals surface area contributed by atoms with Gasteiger partial charge < -0.3 is 20.2 Å². The third-order valence-corrected chi connectivity index (χ3v) is 5.30. The van der Waals surface area contributed by atoms with E-state index in [-0.39, 0.29) is 0 Å². The Morgan fingerprint density at radius 1 is 1.14 bits per heavy atom. The van der Waals surface area contributed by atoms with Gasteiger partial charge >= 0.3 is 0 Å². The Balaban J connectivity index is 1.33. The highest BCUT2D eigenvalue weighted by atomic mass is 16.5. The molecule has 148 valence electrons. The van der Waals surface area contributed by atoms with Crippen molar-refractivity contribution in [1.29, 1.82) is 0 Å². The molecule has 4 aromatic rings. The summed E-state index contributed by atoms with van der Waals surface area (Å²) < 4.78 is 9.47. The van der Waals surface area contributed by atoms with Crippen molar-refractivity contribution in [2.45, 2.75) is 25.4 Å². The summed E-state index contributed by atoms with van der Waals surface area (Å²) in [6, 6.07) is 8.25. The fourth-order valence-electron chi connectivity index (χ4n) is 3.65. The van der Waals surface area contributed by atoms with Crippen LogP contribution in [0.3, 0.4) is 0 Å². The van der Waals surface area contributed by atoms with Gasteiger partial charge in [-0.05, 0) is 36.6 Å². The number of nitrogens with zero attached hydrogens (tertiary/aromatic N) is 5. The molecule has 5 heterocycles. The van der Waals surface area contributed by atoms with Crippen molar-refractivity contribution in [3.8, 4) is 11.3 Å². The van der Waals surface area contributed by atoms with Crippen LogP contribution >= 0.6 is 0 Å². The number of hydrogen-bond acceptors (Lipinski definition) is 6. The fourth-order valence-corrected chi connectivity index (χ4v) is 3.65. The van der Waals surface area contributed by atoms with Crippen LogP contribution in [-0.2, 0) is 11.3 Å². The van der Waals surface area contributed by atoms with Crippen molar-refractivity contribution in [2.24, 2.45) is 0 Å². The van der Waals surface area contributed by atoms with Crippen molar-refractivity contribution in [1.82, 2.24) is 24.1 Å². The molecule has 5 rings (SSSR count). The number of aromatic nitrogens is 5. The maximum Gasteiger partial charge on any atom is 0.150 e. The summed E-state index contributed by atoms with van der Waals surface area (Å²) in [7, 11) is 0. The molecule has 29 heavy (non-hydrogen) atoms. The van der Waals surface area contributed by atoms with Gasteiger partial charge in [-0.15, -0.1) is 0 Å². The third kappa shape index (κ3) is 3.66. The first kappa shape index (κ1) is 17.7. The lowest BCUT2D eigenvalue weighted by atomic mass is 10.1.